The molecule has 0 spiro atoms. The summed E-state index contributed by atoms with van der Waals surface area (Å²) in [7, 11) is 0. The largest absolute Gasteiger partial charge is 0.545 e. The van der Waals surface area contributed by atoms with Gasteiger partial charge in [0.05, 0.1) is 17.0 Å². The number of halogens is 1. The third-order valence-electron chi connectivity index (χ3n) is 4.02. The average Bonchev–Trinajstić information content (AvgIpc) is 2.69. The minimum atomic E-state index is -1.43. The monoisotopic (exact) mass is 399 g/mol. The molecule has 2 N–H and O–H groups in total. The zero-order valence-electron chi connectivity index (χ0n) is 14.9. The molecule has 8 nitrogen and oxygen atoms in total. The van der Waals surface area contributed by atoms with Crippen molar-refractivity contribution < 1.29 is 14.7 Å². The molecule has 3 rings (SSSR count). The van der Waals surface area contributed by atoms with Gasteiger partial charge >= 0.3 is 0 Å². The maximum Gasteiger partial charge on any atom is 0.290 e. The van der Waals surface area contributed by atoms with Gasteiger partial charge in [-0.25, -0.2) is 4.68 Å². The summed E-state index contributed by atoms with van der Waals surface area (Å²) in [4.78, 5) is 36.2. The number of nitrogens with one attached hydrogen (secondary N) is 2. The number of hydrogen-bond acceptors (Lipinski definition) is 6. The highest BCUT2D eigenvalue weighted by Crippen LogP contribution is 2.20. The fourth-order valence-corrected chi connectivity index (χ4v) is 2.91. The highest BCUT2D eigenvalue weighted by atomic mass is 35.5. The molecule has 1 heterocycles. The van der Waals surface area contributed by atoms with Crippen molar-refractivity contribution in [3.63, 3.8) is 0 Å². The second-order valence-corrected chi connectivity index (χ2v) is 6.39. The molecule has 2 aromatic carbocycles. The van der Waals surface area contributed by atoms with Crippen LogP contribution < -0.4 is 21.5 Å². The molecule has 0 aliphatic rings. The van der Waals surface area contributed by atoms with Crippen molar-refractivity contribution in [2.75, 3.05) is 5.43 Å². The molecule has 0 bridgehead atoms. The molecule has 9 heteroatoms. The molecule has 0 radical (unpaired) electrons. The summed E-state index contributed by atoms with van der Waals surface area (Å²) in [5, 5.41) is 16.1. The Morgan fingerprint density at radius 1 is 1.18 bits per heavy atom. The van der Waals surface area contributed by atoms with E-state index in [2.05, 4.69) is 16.0 Å². The van der Waals surface area contributed by atoms with E-state index in [1.165, 1.54) is 22.9 Å². The van der Waals surface area contributed by atoms with Crippen LogP contribution in [0.25, 0.3) is 10.8 Å². The number of carbonyl (C=O) groups is 2. The molecule has 1 amide bonds. The summed E-state index contributed by atoms with van der Waals surface area (Å²) >= 11 is 5.80. The number of aryl methyl sites for hydroxylation is 1. The molecule has 144 valence electrons. The van der Waals surface area contributed by atoms with Crippen molar-refractivity contribution in [3.8, 4) is 0 Å². The molecule has 0 fully saturated rings. The number of carbonyl (C=O) groups excluding carboxylic acids is 2. The van der Waals surface area contributed by atoms with Gasteiger partial charge in [-0.1, -0.05) is 36.7 Å². The fourth-order valence-electron chi connectivity index (χ4n) is 2.71. The van der Waals surface area contributed by atoms with Gasteiger partial charge in [0.1, 0.15) is 0 Å². The fraction of sp³-hybridized carbons (Fsp3) is 0.158. The van der Waals surface area contributed by atoms with Crippen molar-refractivity contribution in [2.24, 2.45) is 0 Å². The van der Waals surface area contributed by atoms with Gasteiger partial charge in [-0.15, -0.1) is 0 Å². The van der Waals surface area contributed by atoms with Crippen LogP contribution in [0, 0.1) is 0 Å². The van der Waals surface area contributed by atoms with E-state index in [0.29, 0.717) is 29.4 Å². The molecule has 0 atom stereocenters. The first-order valence-electron chi connectivity index (χ1n) is 8.49. The normalized spacial score (nSPS) is 10.6. The van der Waals surface area contributed by atoms with E-state index in [1.807, 2.05) is 6.92 Å². The van der Waals surface area contributed by atoms with Crippen LogP contribution in [0.3, 0.4) is 0 Å². The summed E-state index contributed by atoms with van der Waals surface area (Å²) < 4.78 is 1.26. The van der Waals surface area contributed by atoms with Crippen molar-refractivity contribution in [1.82, 2.24) is 15.2 Å². The summed E-state index contributed by atoms with van der Waals surface area (Å²) in [5.41, 5.74) is 4.97. The number of anilines is 1. The first-order chi connectivity index (χ1) is 13.4. The Balaban J connectivity index is 1.92. The maximum absolute atomic E-state index is 12.7. The maximum atomic E-state index is 12.7. The molecule has 1 aromatic heterocycles. The van der Waals surface area contributed by atoms with Crippen molar-refractivity contribution in [1.29, 1.82) is 0 Å². The van der Waals surface area contributed by atoms with Crippen LogP contribution in [0.5, 0.6) is 0 Å². The summed E-state index contributed by atoms with van der Waals surface area (Å²) in [5.74, 6) is -2.01. The highest BCUT2D eigenvalue weighted by Gasteiger charge is 2.16. The molecular formula is C19H16ClN4O4-. The lowest BCUT2D eigenvalue weighted by Crippen LogP contribution is -2.33. The summed E-state index contributed by atoms with van der Waals surface area (Å²) in [6.07, 6.45) is 0.682. The standard InChI is InChI=1S/C19H17ClN4O4/c1-2-9-24-18(26)13-6-4-3-5-12(13)16(23-24)17(25)22-21-11-7-8-15(20)14(10-11)19(27)28/h3-8,10,21H,2,9H2,1H3,(H,22,25)(H,27,28)/p-1. The lowest BCUT2D eigenvalue weighted by Gasteiger charge is -2.13. The predicted octanol–water partition coefficient (Wildman–Crippen LogP) is 1.58. The van der Waals surface area contributed by atoms with E-state index in [-0.39, 0.29) is 21.8 Å². The van der Waals surface area contributed by atoms with Gasteiger partial charge in [-0.05, 0) is 30.7 Å². The number of carboxylic acids is 1. The topological polar surface area (TPSA) is 116 Å². The van der Waals surface area contributed by atoms with Gasteiger partial charge in [-0.3, -0.25) is 20.4 Å². The summed E-state index contributed by atoms with van der Waals surface area (Å²) in [6.45, 7) is 2.28. The minimum Gasteiger partial charge on any atom is -0.545 e. The van der Waals surface area contributed by atoms with Gasteiger partial charge in [0.15, 0.2) is 5.69 Å². The van der Waals surface area contributed by atoms with E-state index in [9.17, 15) is 19.5 Å². The second-order valence-electron chi connectivity index (χ2n) is 5.98. The molecule has 0 unspecified atom stereocenters. The Morgan fingerprint density at radius 3 is 2.57 bits per heavy atom. The Bertz CT molecular complexity index is 1130. The van der Waals surface area contributed by atoms with E-state index in [4.69, 9.17) is 11.6 Å². The molecule has 3 aromatic rings. The Labute approximate surface area is 164 Å². The van der Waals surface area contributed by atoms with Gasteiger partial charge < -0.3 is 9.90 Å². The smallest absolute Gasteiger partial charge is 0.290 e. The number of hydrazine groups is 1. The second kappa shape index (κ2) is 8.10. The van der Waals surface area contributed by atoms with Gasteiger partial charge in [-0.2, -0.15) is 5.10 Å². The molecular weight excluding hydrogens is 384 g/mol. The van der Waals surface area contributed by atoms with Crippen LogP contribution in [0.4, 0.5) is 5.69 Å². The van der Waals surface area contributed by atoms with E-state index in [1.54, 1.807) is 24.3 Å². The number of benzene rings is 2. The minimum absolute atomic E-state index is 0.0242. The van der Waals surface area contributed by atoms with Crippen molar-refractivity contribution in [3.05, 3.63) is 69.1 Å². The van der Waals surface area contributed by atoms with Crippen LogP contribution in [-0.2, 0) is 6.54 Å². The van der Waals surface area contributed by atoms with Crippen LogP contribution >= 0.6 is 11.6 Å². The van der Waals surface area contributed by atoms with Crippen LogP contribution in [-0.4, -0.2) is 21.7 Å². The van der Waals surface area contributed by atoms with E-state index < -0.39 is 11.9 Å². The number of fused-ring (bicyclic) bond motifs is 1. The van der Waals surface area contributed by atoms with E-state index >= 15 is 0 Å². The molecule has 0 aliphatic heterocycles. The number of amides is 1. The zero-order valence-corrected chi connectivity index (χ0v) is 15.6. The first-order valence-corrected chi connectivity index (χ1v) is 8.87. The number of aromatic nitrogens is 2. The van der Waals surface area contributed by atoms with Crippen molar-refractivity contribution >= 4 is 39.9 Å². The first kappa shape index (κ1) is 19.4. The Hall–Kier alpha value is -3.39. The third kappa shape index (κ3) is 3.81. The number of nitrogens with zero attached hydrogens (tertiary/aromatic N) is 2. The summed E-state index contributed by atoms with van der Waals surface area (Å²) in [6, 6.07) is 10.8. The zero-order chi connectivity index (χ0) is 20.3. The number of aromatic carboxylic acids is 1. The molecule has 0 saturated carbocycles. The van der Waals surface area contributed by atoms with E-state index in [0.717, 1.165) is 0 Å². The third-order valence-corrected chi connectivity index (χ3v) is 4.35. The molecule has 28 heavy (non-hydrogen) atoms. The predicted molar refractivity (Wildman–Crippen MR) is 103 cm³/mol. The average molecular weight is 400 g/mol. The number of hydrogen-bond donors (Lipinski definition) is 2. The number of carboxylic acid groups (broad SMARTS) is 1. The lowest BCUT2D eigenvalue weighted by molar-refractivity contribution is -0.255. The Morgan fingerprint density at radius 2 is 1.89 bits per heavy atom. The van der Waals surface area contributed by atoms with Crippen molar-refractivity contribution in [2.45, 2.75) is 19.9 Å². The van der Waals surface area contributed by atoms with Gasteiger partial charge in [0, 0.05) is 22.5 Å². The number of rotatable bonds is 6. The van der Waals surface area contributed by atoms with Gasteiger partial charge in [0.25, 0.3) is 11.5 Å². The lowest BCUT2D eigenvalue weighted by atomic mass is 10.1. The Kier molecular flexibility index (Phi) is 5.60. The van der Waals surface area contributed by atoms with Gasteiger partial charge in [0.2, 0.25) is 0 Å². The molecule has 0 aliphatic carbocycles. The van der Waals surface area contributed by atoms with Crippen LogP contribution in [0.1, 0.15) is 34.2 Å². The highest BCUT2D eigenvalue weighted by molar-refractivity contribution is 6.33. The SMILES string of the molecule is CCCn1nc(C(=O)NNc2ccc(Cl)c(C(=O)[O-])c2)c2ccccc2c1=O. The molecule has 0 saturated heterocycles. The quantitative estimate of drug-likeness (QED) is 0.608. The van der Waals surface area contributed by atoms with Crippen LogP contribution in [0.15, 0.2) is 47.3 Å². The van der Waals surface area contributed by atoms with Crippen LogP contribution in [0.2, 0.25) is 5.02 Å².